The molecule has 3 rings (SSSR count). The molecule has 0 spiro atoms. The number of hydrogen-bond donors (Lipinski definition) is 1. The van der Waals surface area contributed by atoms with Crippen LogP contribution < -0.4 is 10.1 Å². The maximum atomic E-state index is 12.7. The lowest BCUT2D eigenvalue weighted by molar-refractivity contribution is -0.116. The third-order valence-corrected chi connectivity index (χ3v) is 4.58. The molecule has 0 radical (unpaired) electrons. The summed E-state index contributed by atoms with van der Waals surface area (Å²) in [6, 6.07) is 14.1. The second-order valence-electron chi connectivity index (χ2n) is 6.71. The van der Waals surface area contributed by atoms with E-state index in [1.807, 2.05) is 44.2 Å². The Bertz CT molecular complexity index is 952. The first kappa shape index (κ1) is 20.5. The Hall–Kier alpha value is -3.22. The number of alkyl halides is 2. The van der Waals surface area contributed by atoms with Crippen molar-refractivity contribution in [3.05, 3.63) is 76.7 Å². The average molecular weight is 400 g/mol. The largest absolute Gasteiger partial charge is 0.435 e. The zero-order valence-electron chi connectivity index (χ0n) is 16.2. The van der Waals surface area contributed by atoms with Crippen molar-refractivity contribution in [3.63, 3.8) is 0 Å². The van der Waals surface area contributed by atoms with Gasteiger partial charge in [0.05, 0.1) is 5.69 Å². The van der Waals surface area contributed by atoms with Crippen LogP contribution in [0.25, 0.3) is 0 Å². The van der Waals surface area contributed by atoms with Crippen LogP contribution in [0.3, 0.4) is 0 Å². The van der Waals surface area contributed by atoms with Crippen molar-refractivity contribution in [1.82, 2.24) is 5.16 Å². The number of benzene rings is 2. The number of aromatic nitrogens is 1. The molecule has 1 heterocycles. The molecule has 5 nitrogen and oxygen atoms in total. The quantitative estimate of drug-likeness (QED) is 0.574. The van der Waals surface area contributed by atoms with Crippen LogP contribution >= 0.6 is 0 Å². The summed E-state index contributed by atoms with van der Waals surface area (Å²) in [5.41, 5.74) is 3.74. The summed E-state index contributed by atoms with van der Waals surface area (Å²) >= 11 is 0. The molecule has 1 amide bonds. The minimum Gasteiger partial charge on any atom is -0.435 e. The number of ether oxygens (including phenoxy) is 1. The Morgan fingerprint density at radius 1 is 1.17 bits per heavy atom. The van der Waals surface area contributed by atoms with E-state index in [4.69, 9.17) is 4.52 Å². The lowest BCUT2D eigenvalue weighted by Crippen LogP contribution is -2.13. The number of halogens is 2. The molecule has 0 atom stereocenters. The molecule has 0 bridgehead atoms. The molecular weight excluding hydrogens is 378 g/mol. The Balaban J connectivity index is 1.71. The SMILES string of the molecule is Cc1noc(C)c1CCC(=O)Nc1ccc(OC(F)F)c(Cc2ccccc2)c1. The molecule has 0 unspecified atom stereocenters. The Morgan fingerprint density at radius 3 is 2.59 bits per heavy atom. The number of rotatable bonds is 8. The van der Waals surface area contributed by atoms with Gasteiger partial charge in [-0.05, 0) is 44.0 Å². The maximum Gasteiger partial charge on any atom is 0.387 e. The summed E-state index contributed by atoms with van der Waals surface area (Å²) < 4.78 is 35.2. The van der Waals surface area contributed by atoms with Crippen molar-refractivity contribution in [2.24, 2.45) is 0 Å². The van der Waals surface area contributed by atoms with Gasteiger partial charge in [0.2, 0.25) is 5.91 Å². The summed E-state index contributed by atoms with van der Waals surface area (Å²) in [5.74, 6) is 0.615. The zero-order chi connectivity index (χ0) is 20.8. The lowest BCUT2D eigenvalue weighted by Gasteiger charge is -2.13. The van der Waals surface area contributed by atoms with Gasteiger partial charge in [0.1, 0.15) is 11.5 Å². The number of aryl methyl sites for hydroxylation is 2. The van der Waals surface area contributed by atoms with Crippen LogP contribution in [0.15, 0.2) is 53.1 Å². The fourth-order valence-corrected chi connectivity index (χ4v) is 3.14. The first-order valence-corrected chi connectivity index (χ1v) is 9.25. The normalized spacial score (nSPS) is 10.9. The van der Waals surface area contributed by atoms with Crippen LogP contribution in [0.1, 0.15) is 34.6 Å². The molecule has 3 aromatic rings. The molecule has 152 valence electrons. The van der Waals surface area contributed by atoms with Crippen LogP contribution in [0, 0.1) is 13.8 Å². The molecule has 0 saturated carbocycles. The molecule has 0 fully saturated rings. The highest BCUT2D eigenvalue weighted by Crippen LogP contribution is 2.27. The smallest absolute Gasteiger partial charge is 0.387 e. The molecular formula is C22H22F2N2O3. The van der Waals surface area contributed by atoms with Crippen LogP contribution in [0.2, 0.25) is 0 Å². The molecule has 0 saturated heterocycles. The summed E-state index contributed by atoms with van der Waals surface area (Å²) in [7, 11) is 0. The van der Waals surface area contributed by atoms with Gasteiger partial charge in [-0.1, -0.05) is 35.5 Å². The topological polar surface area (TPSA) is 64.4 Å². The fraction of sp³-hybridized carbons (Fsp3) is 0.273. The van der Waals surface area contributed by atoms with Gasteiger partial charge in [0.15, 0.2) is 0 Å². The maximum absolute atomic E-state index is 12.7. The van der Waals surface area contributed by atoms with Gasteiger partial charge in [-0.3, -0.25) is 4.79 Å². The van der Waals surface area contributed by atoms with Gasteiger partial charge in [-0.25, -0.2) is 0 Å². The Kier molecular flexibility index (Phi) is 6.59. The monoisotopic (exact) mass is 400 g/mol. The highest BCUT2D eigenvalue weighted by atomic mass is 19.3. The zero-order valence-corrected chi connectivity index (χ0v) is 16.2. The predicted octanol–water partition coefficient (Wildman–Crippen LogP) is 5.05. The highest BCUT2D eigenvalue weighted by Gasteiger charge is 2.14. The third-order valence-electron chi connectivity index (χ3n) is 4.58. The Labute approximate surface area is 167 Å². The van der Waals surface area contributed by atoms with E-state index >= 15 is 0 Å². The van der Waals surface area contributed by atoms with E-state index < -0.39 is 6.61 Å². The average Bonchev–Trinajstić information content (AvgIpc) is 3.00. The summed E-state index contributed by atoms with van der Waals surface area (Å²) in [4.78, 5) is 12.3. The van der Waals surface area contributed by atoms with Crippen LogP contribution in [-0.4, -0.2) is 17.7 Å². The predicted molar refractivity (Wildman–Crippen MR) is 105 cm³/mol. The van der Waals surface area contributed by atoms with Crippen molar-refractivity contribution >= 4 is 11.6 Å². The standard InChI is InChI=1S/C22H22F2N2O3/c1-14-19(15(2)29-26-14)9-11-21(27)25-18-8-10-20(28-22(23)24)17(13-18)12-16-6-4-3-5-7-16/h3-8,10,13,22H,9,11-12H2,1-2H3,(H,25,27). The van der Waals surface area contributed by atoms with E-state index in [0.717, 1.165) is 16.8 Å². The lowest BCUT2D eigenvalue weighted by atomic mass is 10.0. The van der Waals surface area contributed by atoms with E-state index in [-0.39, 0.29) is 18.1 Å². The van der Waals surface area contributed by atoms with Crippen molar-refractivity contribution in [2.75, 3.05) is 5.32 Å². The number of carbonyl (C=O) groups is 1. The number of nitrogens with zero attached hydrogens (tertiary/aromatic N) is 1. The van der Waals surface area contributed by atoms with E-state index in [1.54, 1.807) is 12.1 Å². The van der Waals surface area contributed by atoms with Crippen molar-refractivity contribution < 1.29 is 22.8 Å². The van der Waals surface area contributed by atoms with Gasteiger partial charge < -0.3 is 14.6 Å². The van der Waals surface area contributed by atoms with E-state index in [9.17, 15) is 13.6 Å². The highest BCUT2D eigenvalue weighted by molar-refractivity contribution is 5.91. The first-order valence-electron chi connectivity index (χ1n) is 9.25. The van der Waals surface area contributed by atoms with Gasteiger partial charge in [-0.15, -0.1) is 0 Å². The van der Waals surface area contributed by atoms with Gasteiger partial charge >= 0.3 is 6.61 Å². The molecule has 29 heavy (non-hydrogen) atoms. The minimum atomic E-state index is -2.92. The van der Waals surface area contributed by atoms with E-state index in [2.05, 4.69) is 15.2 Å². The number of nitrogens with one attached hydrogen (secondary N) is 1. The summed E-state index contributed by atoms with van der Waals surface area (Å²) in [5, 5.41) is 6.70. The van der Waals surface area contributed by atoms with Crippen LogP contribution in [-0.2, 0) is 17.6 Å². The molecule has 0 aliphatic rings. The number of anilines is 1. The molecule has 0 aliphatic carbocycles. The van der Waals surface area contributed by atoms with Crippen molar-refractivity contribution in [2.45, 2.75) is 39.7 Å². The number of carbonyl (C=O) groups excluding carboxylic acids is 1. The number of amides is 1. The second-order valence-corrected chi connectivity index (χ2v) is 6.71. The van der Waals surface area contributed by atoms with E-state index in [0.29, 0.717) is 29.9 Å². The van der Waals surface area contributed by atoms with Gasteiger partial charge in [0.25, 0.3) is 0 Å². The minimum absolute atomic E-state index is 0.0950. The molecule has 0 aliphatic heterocycles. The van der Waals surface area contributed by atoms with Crippen molar-refractivity contribution in [3.8, 4) is 5.75 Å². The van der Waals surface area contributed by atoms with E-state index in [1.165, 1.54) is 6.07 Å². The summed E-state index contributed by atoms with van der Waals surface area (Å²) in [6.45, 7) is 0.728. The number of hydrogen-bond acceptors (Lipinski definition) is 4. The molecule has 7 heteroatoms. The van der Waals surface area contributed by atoms with Crippen LogP contribution in [0.5, 0.6) is 5.75 Å². The van der Waals surface area contributed by atoms with Gasteiger partial charge in [-0.2, -0.15) is 8.78 Å². The van der Waals surface area contributed by atoms with Crippen LogP contribution in [0.4, 0.5) is 14.5 Å². The molecule has 2 aromatic carbocycles. The Morgan fingerprint density at radius 2 is 1.93 bits per heavy atom. The van der Waals surface area contributed by atoms with Gasteiger partial charge in [0, 0.05) is 29.7 Å². The molecule has 1 N–H and O–H groups in total. The molecule has 1 aromatic heterocycles. The fourth-order valence-electron chi connectivity index (χ4n) is 3.14. The van der Waals surface area contributed by atoms with Crippen molar-refractivity contribution in [1.29, 1.82) is 0 Å². The second kappa shape index (κ2) is 9.32. The third kappa shape index (κ3) is 5.63. The first-order chi connectivity index (χ1) is 13.9. The summed E-state index contributed by atoms with van der Waals surface area (Å²) in [6.07, 6.45) is 1.17.